The summed E-state index contributed by atoms with van der Waals surface area (Å²) in [6, 6.07) is 7.69. The number of benzene rings is 1. The van der Waals surface area contributed by atoms with Crippen LogP contribution in [0.25, 0.3) is 10.9 Å². The molecule has 94 valence electrons. The predicted molar refractivity (Wildman–Crippen MR) is 69.9 cm³/mol. The number of nitrogens with zero attached hydrogens (tertiary/aromatic N) is 1. The number of carboxylic acid groups (broad SMARTS) is 1. The van der Waals surface area contributed by atoms with Crippen LogP contribution in [0.5, 0.6) is 5.75 Å². The van der Waals surface area contributed by atoms with Crippen LogP contribution in [0, 0.1) is 0 Å². The Balaban J connectivity index is 2.31. The van der Waals surface area contributed by atoms with E-state index in [1.807, 2.05) is 42.0 Å². The summed E-state index contributed by atoms with van der Waals surface area (Å²) in [6.45, 7) is 6.39. The van der Waals surface area contributed by atoms with Gasteiger partial charge in [0.25, 0.3) is 0 Å². The fourth-order valence-corrected chi connectivity index (χ4v) is 1.85. The number of aliphatic carboxylic acids is 1. The van der Waals surface area contributed by atoms with Crippen molar-refractivity contribution < 1.29 is 14.6 Å². The molecule has 2 rings (SSSR count). The number of hydrogen-bond acceptors (Lipinski definition) is 2. The molecule has 0 spiro atoms. The van der Waals surface area contributed by atoms with Gasteiger partial charge in [-0.2, -0.15) is 0 Å². The summed E-state index contributed by atoms with van der Waals surface area (Å²) in [5.41, 5.74) is 1.14. The maximum atomic E-state index is 10.8. The number of fused-ring (bicyclic) bond motifs is 1. The first-order valence-corrected chi connectivity index (χ1v) is 5.74. The van der Waals surface area contributed by atoms with Gasteiger partial charge in [-0.3, -0.25) is 0 Å². The van der Waals surface area contributed by atoms with E-state index < -0.39 is 5.97 Å². The molecule has 0 unspecified atom stereocenters. The van der Waals surface area contributed by atoms with Crippen LogP contribution < -0.4 is 4.74 Å². The van der Waals surface area contributed by atoms with Gasteiger partial charge in [0.2, 0.25) is 0 Å². The minimum absolute atomic E-state index is 0.168. The van der Waals surface area contributed by atoms with Crippen LogP contribution in [0.2, 0.25) is 0 Å². The molecule has 0 bridgehead atoms. The second-order valence-electron chi connectivity index (χ2n) is 4.01. The third-order valence-corrected chi connectivity index (χ3v) is 2.72. The quantitative estimate of drug-likeness (QED) is 0.824. The van der Waals surface area contributed by atoms with E-state index in [1.54, 1.807) is 0 Å². The molecule has 0 aliphatic rings. The van der Waals surface area contributed by atoms with Gasteiger partial charge >= 0.3 is 5.97 Å². The summed E-state index contributed by atoms with van der Waals surface area (Å²) >= 11 is 0. The van der Waals surface area contributed by atoms with Crippen molar-refractivity contribution in [3.8, 4) is 5.75 Å². The van der Waals surface area contributed by atoms with E-state index in [0.29, 0.717) is 6.61 Å². The van der Waals surface area contributed by atoms with Crippen LogP contribution in [-0.2, 0) is 11.3 Å². The van der Waals surface area contributed by atoms with Crippen LogP contribution in [-0.4, -0.2) is 22.2 Å². The molecule has 1 heterocycles. The van der Waals surface area contributed by atoms with E-state index in [-0.39, 0.29) is 12.1 Å². The Morgan fingerprint density at radius 1 is 1.44 bits per heavy atom. The summed E-state index contributed by atoms with van der Waals surface area (Å²) in [5.74, 6) is -0.150. The zero-order chi connectivity index (χ0) is 13.1. The number of carboxylic acids is 1. The van der Waals surface area contributed by atoms with Crippen molar-refractivity contribution in [3.05, 3.63) is 42.6 Å². The van der Waals surface area contributed by atoms with Crippen molar-refractivity contribution in [2.75, 3.05) is 6.61 Å². The Morgan fingerprint density at radius 3 is 2.89 bits per heavy atom. The minimum Gasteiger partial charge on any atom is -0.494 e. The van der Waals surface area contributed by atoms with Gasteiger partial charge < -0.3 is 14.4 Å². The van der Waals surface area contributed by atoms with Gasteiger partial charge in [-0.1, -0.05) is 6.58 Å². The average molecular weight is 245 g/mol. The summed E-state index contributed by atoms with van der Waals surface area (Å²) in [4.78, 5) is 10.8. The van der Waals surface area contributed by atoms with E-state index in [0.717, 1.165) is 16.7 Å². The van der Waals surface area contributed by atoms with E-state index in [1.165, 1.54) is 0 Å². The molecule has 4 nitrogen and oxygen atoms in total. The fraction of sp³-hybridized carbons (Fsp3) is 0.214. The molecule has 0 aliphatic carbocycles. The van der Waals surface area contributed by atoms with Crippen molar-refractivity contribution in [1.82, 2.24) is 4.57 Å². The molecule has 0 amide bonds. The van der Waals surface area contributed by atoms with Crippen LogP contribution in [0.1, 0.15) is 6.92 Å². The lowest BCUT2D eigenvalue weighted by molar-refractivity contribution is -0.132. The molecule has 1 aromatic carbocycles. The number of rotatable bonds is 5. The highest BCUT2D eigenvalue weighted by Crippen LogP contribution is 2.22. The highest BCUT2D eigenvalue weighted by atomic mass is 16.5. The monoisotopic (exact) mass is 245 g/mol. The Labute approximate surface area is 105 Å². The second kappa shape index (κ2) is 4.96. The Hall–Kier alpha value is -2.23. The van der Waals surface area contributed by atoms with Crippen molar-refractivity contribution in [1.29, 1.82) is 0 Å². The SMILES string of the molecule is C=C(Cn1ccc2cc(OCC)ccc21)C(=O)O. The molecule has 2 aromatic rings. The molecule has 18 heavy (non-hydrogen) atoms. The smallest absolute Gasteiger partial charge is 0.332 e. The molecule has 0 radical (unpaired) electrons. The number of ether oxygens (including phenoxy) is 1. The average Bonchev–Trinajstić information content (AvgIpc) is 2.72. The molecule has 0 saturated carbocycles. The van der Waals surface area contributed by atoms with E-state index >= 15 is 0 Å². The molecule has 0 aliphatic heterocycles. The molecule has 1 N–H and O–H groups in total. The Bertz CT molecular complexity index is 598. The molecule has 0 fully saturated rings. The third-order valence-electron chi connectivity index (χ3n) is 2.72. The normalized spacial score (nSPS) is 10.5. The van der Waals surface area contributed by atoms with Crippen LogP contribution in [0.3, 0.4) is 0 Å². The van der Waals surface area contributed by atoms with Crippen LogP contribution >= 0.6 is 0 Å². The first-order chi connectivity index (χ1) is 8.61. The molecule has 0 atom stereocenters. The zero-order valence-corrected chi connectivity index (χ0v) is 10.2. The van der Waals surface area contributed by atoms with Crippen molar-refractivity contribution in [2.45, 2.75) is 13.5 Å². The summed E-state index contributed by atoms with van der Waals surface area (Å²) < 4.78 is 7.28. The maximum absolute atomic E-state index is 10.8. The first kappa shape index (κ1) is 12.2. The lowest BCUT2D eigenvalue weighted by atomic mass is 10.2. The maximum Gasteiger partial charge on any atom is 0.332 e. The van der Waals surface area contributed by atoms with Crippen molar-refractivity contribution >= 4 is 16.9 Å². The van der Waals surface area contributed by atoms with Crippen LogP contribution in [0.15, 0.2) is 42.6 Å². The second-order valence-corrected chi connectivity index (χ2v) is 4.01. The highest BCUT2D eigenvalue weighted by Gasteiger charge is 2.07. The fourth-order valence-electron chi connectivity index (χ4n) is 1.85. The van der Waals surface area contributed by atoms with Crippen molar-refractivity contribution in [3.63, 3.8) is 0 Å². The minimum atomic E-state index is -0.970. The standard InChI is InChI=1S/C14H15NO3/c1-3-18-12-4-5-13-11(8-12)6-7-15(13)9-10(2)14(16)17/h4-8H,2-3,9H2,1H3,(H,16,17). The van der Waals surface area contributed by atoms with Gasteiger partial charge in [-0.25, -0.2) is 4.79 Å². The summed E-state index contributed by atoms with van der Waals surface area (Å²) in [5, 5.41) is 9.86. The van der Waals surface area contributed by atoms with Crippen LogP contribution in [0.4, 0.5) is 0 Å². The zero-order valence-electron chi connectivity index (χ0n) is 10.2. The number of carbonyl (C=O) groups is 1. The van der Waals surface area contributed by atoms with Gasteiger partial charge in [0.1, 0.15) is 5.75 Å². The number of aromatic nitrogens is 1. The van der Waals surface area contributed by atoms with Crippen molar-refractivity contribution in [2.24, 2.45) is 0 Å². The third kappa shape index (κ3) is 2.37. The van der Waals surface area contributed by atoms with E-state index in [4.69, 9.17) is 9.84 Å². The molecule has 0 saturated heterocycles. The largest absolute Gasteiger partial charge is 0.494 e. The van der Waals surface area contributed by atoms with Gasteiger partial charge in [-0.05, 0) is 31.2 Å². The number of hydrogen-bond donors (Lipinski definition) is 1. The molecular formula is C14H15NO3. The highest BCUT2D eigenvalue weighted by molar-refractivity contribution is 5.87. The topological polar surface area (TPSA) is 51.5 Å². The van der Waals surface area contributed by atoms with Gasteiger partial charge in [-0.15, -0.1) is 0 Å². The lowest BCUT2D eigenvalue weighted by Crippen LogP contribution is -2.07. The molecular weight excluding hydrogens is 230 g/mol. The van der Waals surface area contributed by atoms with Gasteiger partial charge in [0, 0.05) is 22.7 Å². The van der Waals surface area contributed by atoms with Gasteiger partial charge in [0.05, 0.1) is 13.2 Å². The van der Waals surface area contributed by atoms with E-state index in [2.05, 4.69) is 6.58 Å². The molecule has 4 heteroatoms. The van der Waals surface area contributed by atoms with E-state index in [9.17, 15) is 4.79 Å². The van der Waals surface area contributed by atoms with Gasteiger partial charge in [0.15, 0.2) is 0 Å². The Morgan fingerprint density at radius 2 is 2.22 bits per heavy atom. The molecule has 1 aromatic heterocycles. The Kier molecular flexibility index (Phi) is 3.37. The lowest BCUT2D eigenvalue weighted by Gasteiger charge is -2.06. The summed E-state index contributed by atoms with van der Waals surface area (Å²) in [7, 11) is 0. The summed E-state index contributed by atoms with van der Waals surface area (Å²) in [6.07, 6.45) is 1.86. The first-order valence-electron chi connectivity index (χ1n) is 5.74. The predicted octanol–water partition coefficient (Wildman–Crippen LogP) is 2.68.